The highest BCUT2D eigenvalue weighted by molar-refractivity contribution is 6.31. The summed E-state index contributed by atoms with van der Waals surface area (Å²) in [5, 5.41) is 8.88. The summed E-state index contributed by atoms with van der Waals surface area (Å²) in [6.07, 6.45) is 2.55. The molecule has 4 aromatic rings. The summed E-state index contributed by atoms with van der Waals surface area (Å²) in [4.78, 5) is 27.8. The molecule has 31 heavy (non-hydrogen) atoms. The van der Waals surface area contributed by atoms with Crippen molar-refractivity contribution in [2.45, 2.75) is 13.0 Å². The molecule has 0 fully saturated rings. The molecule has 0 radical (unpaired) electrons. The Bertz CT molecular complexity index is 1300. The average molecular weight is 437 g/mol. The van der Waals surface area contributed by atoms with E-state index in [1.807, 2.05) is 48.7 Å². The minimum atomic E-state index is -0.340. The number of rotatable bonds is 7. The van der Waals surface area contributed by atoms with Gasteiger partial charge in [0.15, 0.2) is 0 Å². The van der Waals surface area contributed by atoms with Gasteiger partial charge in [0.05, 0.1) is 12.8 Å². The molecule has 0 unspecified atom stereocenters. The van der Waals surface area contributed by atoms with E-state index in [4.69, 9.17) is 16.3 Å². The monoisotopic (exact) mass is 436 g/mol. The fourth-order valence-corrected chi connectivity index (χ4v) is 3.56. The molecule has 0 saturated carbocycles. The fraction of sp³-hybridized carbons (Fsp3) is 0.174. The molecule has 0 atom stereocenters. The van der Waals surface area contributed by atoms with E-state index in [1.165, 1.54) is 6.07 Å². The molecular formula is C23H21ClN4O3. The second-order valence-electron chi connectivity index (χ2n) is 7.05. The molecule has 8 heteroatoms. The Morgan fingerprint density at radius 3 is 2.90 bits per heavy atom. The van der Waals surface area contributed by atoms with Crippen molar-refractivity contribution in [2.75, 3.05) is 13.7 Å². The average Bonchev–Trinajstić information content (AvgIpc) is 3.17. The Morgan fingerprint density at radius 2 is 2.06 bits per heavy atom. The van der Waals surface area contributed by atoms with Gasteiger partial charge in [0.2, 0.25) is 5.91 Å². The SMILES string of the molecule is COc1cccc(-c2ccc(=O)n(CC(=O)NCCc3c[nH]c4ccc(Cl)cc34)n2)c1. The molecule has 0 saturated heterocycles. The molecule has 1 amide bonds. The smallest absolute Gasteiger partial charge is 0.267 e. The number of hydrogen-bond donors (Lipinski definition) is 2. The normalized spacial score (nSPS) is 10.9. The van der Waals surface area contributed by atoms with Gasteiger partial charge in [-0.1, -0.05) is 23.7 Å². The summed E-state index contributed by atoms with van der Waals surface area (Å²) in [5.41, 5.74) is 3.10. The molecule has 0 aliphatic carbocycles. The number of H-pyrrole nitrogens is 1. The number of methoxy groups -OCH3 is 1. The first-order valence-corrected chi connectivity index (χ1v) is 10.2. The first-order valence-electron chi connectivity index (χ1n) is 9.78. The van der Waals surface area contributed by atoms with Gasteiger partial charge in [-0.3, -0.25) is 9.59 Å². The summed E-state index contributed by atoms with van der Waals surface area (Å²) in [5.74, 6) is 0.406. The van der Waals surface area contributed by atoms with Crippen LogP contribution in [0.1, 0.15) is 5.56 Å². The Labute approximate surface area is 183 Å². The van der Waals surface area contributed by atoms with Gasteiger partial charge in [-0.15, -0.1) is 0 Å². The number of carbonyl (C=O) groups excluding carboxylic acids is 1. The lowest BCUT2D eigenvalue weighted by atomic mass is 10.1. The van der Waals surface area contributed by atoms with Crippen molar-refractivity contribution < 1.29 is 9.53 Å². The van der Waals surface area contributed by atoms with E-state index in [1.54, 1.807) is 13.2 Å². The van der Waals surface area contributed by atoms with E-state index in [2.05, 4.69) is 15.4 Å². The summed E-state index contributed by atoms with van der Waals surface area (Å²) in [6.45, 7) is 0.277. The minimum Gasteiger partial charge on any atom is -0.497 e. The van der Waals surface area contributed by atoms with Crippen LogP contribution in [0.4, 0.5) is 0 Å². The van der Waals surface area contributed by atoms with Crippen molar-refractivity contribution in [3.8, 4) is 17.0 Å². The number of hydrogen-bond acceptors (Lipinski definition) is 4. The number of amides is 1. The van der Waals surface area contributed by atoms with E-state index in [0.29, 0.717) is 29.4 Å². The topological polar surface area (TPSA) is 89.0 Å². The summed E-state index contributed by atoms with van der Waals surface area (Å²) < 4.78 is 6.40. The zero-order valence-electron chi connectivity index (χ0n) is 16.9. The highest BCUT2D eigenvalue weighted by atomic mass is 35.5. The van der Waals surface area contributed by atoms with E-state index >= 15 is 0 Å². The zero-order chi connectivity index (χ0) is 21.8. The van der Waals surface area contributed by atoms with Crippen LogP contribution in [0.25, 0.3) is 22.2 Å². The minimum absolute atomic E-state index is 0.156. The Hall–Kier alpha value is -3.58. The van der Waals surface area contributed by atoms with Crippen molar-refractivity contribution in [1.29, 1.82) is 0 Å². The fourth-order valence-electron chi connectivity index (χ4n) is 3.38. The van der Waals surface area contributed by atoms with Crippen LogP contribution in [0.15, 0.2) is 65.6 Å². The Morgan fingerprint density at radius 1 is 1.19 bits per heavy atom. The van der Waals surface area contributed by atoms with Crippen LogP contribution in [0.5, 0.6) is 5.75 Å². The Balaban J connectivity index is 1.41. The zero-order valence-corrected chi connectivity index (χ0v) is 17.6. The second-order valence-corrected chi connectivity index (χ2v) is 7.49. The van der Waals surface area contributed by atoms with Gasteiger partial charge in [0, 0.05) is 40.3 Å². The van der Waals surface area contributed by atoms with Crippen molar-refractivity contribution in [3.05, 3.63) is 81.7 Å². The first kappa shape index (κ1) is 20.7. The molecular weight excluding hydrogens is 416 g/mol. The maximum Gasteiger partial charge on any atom is 0.267 e. The van der Waals surface area contributed by atoms with Gasteiger partial charge in [0.25, 0.3) is 5.56 Å². The van der Waals surface area contributed by atoms with Gasteiger partial charge in [-0.05, 0) is 48.4 Å². The van der Waals surface area contributed by atoms with Crippen LogP contribution >= 0.6 is 11.6 Å². The number of halogens is 1. The van der Waals surface area contributed by atoms with Gasteiger partial charge in [0.1, 0.15) is 12.3 Å². The summed E-state index contributed by atoms with van der Waals surface area (Å²) >= 11 is 6.08. The van der Waals surface area contributed by atoms with Crippen LogP contribution in [0.2, 0.25) is 5.02 Å². The van der Waals surface area contributed by atoms with Crippen LogP contribution in [-0.2, 0) is 17.8 Å². The quantitative estimate of drug-likeness (QED) is 0.464. The lowest BCUT2D eigenvalue weighted by molar-refractivity contribution is -0.121. The van der Waals surface area contributed by atoms with Crippen LogP contribution in [0.3, 0.4) is 0 Å². The number of benzene rings is 2. The van der Waals surface area contributed by atoms with Crippen molar-refractivity contribution >= 4 is 28.4 Å². The molecule has 158 valence electrons. The molecule has 0 aliphatic heterocycles. The maximum absolute atomic E-state index is 12.4. The third-order valence-electron chi connectivity index (χ3n) is 4.97. The molecule has 0 spiro atoms. The third-order valence-corrected chi connectivity index (χ3v) is 5.21. The van der Waals surface area contributed by atoms with Crippen molar-refractivity contribution in [1.82, 2.24) is 20.1 Å². The molecule has 7 nitrogen and oxygen atoms in total. The number of aromatic amines is 1. The van der Waals surface area contributed by atoms with Crippen LogP contribution < -0.4 is 15.6 Å². The Kier molecular flexibility index (Phi) is 6.04. The summed E-state index contributed by atoms with van der Waals surface area (Å²) in [6, 6.07) is 16.1. The highest BCUT2D eigenvalue weighted by Crippen LogP contribution is 2.23. The number of ether oxygens (including phenoxy) is 1. The lowest BCUT2D eigenvalue weighted by Crippen LogP contribution is -2.34. The van der Waals surface area contributed by atoms with E-state index in [0.717, 1.165) is 26.7 Å². The van der Waals surface area contributed by atoms with Gasteiger partial charge in [-0.25, -0.2) is 4.68 Å². The summed E-state index contributed by atoms with van der Waals surface area (Å²) in [7, 11) is 1.59. The number of carbonyl (C=O) groups is 1. The lowest BCUT2D eigenvalue weighted by Gasteiger charge is -2.09. The van der Waals surface area contributed by atoms with Gasteiger partial charge >= 0.3 is 0 Å². The molecule has 2 N–H and O–H groups in total. The number of nitrogens with one attached hydrogen (secondary N) is 2. The van der Waals surface area contributed by atoms with Crippen LogP contribution in [-0.4, -0.2) is 34.3 Å². The number of aromatic nitrogens is 3. The van der Waals surface area contributed by atoms with Crippen molar-refractivity contribution in [2.24, 2.45) is 0 Å². The highest BCUT2D eigenvalue weighted by Gasteiger charge is 2.10. The van der Waals surface area contributed by atoms with Crippen LogP contribution in [0, 0.1) is 0 Å². The predicted octanol–water partition coefficient (Wildman–Crippen LogP) is 3.41. The van der Waals surface area contributed by atoms with Crippen molar-refractivity contribution in [3.63, 3.8) is 0 Å². The van der Waals surface area contributed by atoms with Gasteiger partial charge in [-0.2, -0.15) is 5.10 Å². The van der Waals surface area contributed by atoms with E-state index in [9.17, 15) is 9.59 Å². The third kappa shape index (κ3) is 4.78. The second kappa shape index (κ2) is 9.06. The molecule has 2 heterocycles. The van der Waals surface area contributed by atoms with E-state index < -0.39 is 0 Å². The maximum atomic E-state index is 12.4. The number of nitrogens with zero attached hydrogens (tertiary/aromatic N) is 2. The van der Waals surface area contributed by atoms with E-state index in [-0.39, 0.29) is 18.0 Å². The number of fused-ring (bicyclic) bond motifs is 1. The molecule has 2 aromatic carbocycles. The molecule has 2 aromatic heterocycles. The predicted molar refractivity (Wildman–Crippen MR) is 121 cm³/mol. The first-order chi connectivity index (χ1) is 15.0. The molecule has 0 aliphatic rings. The molecule has 0 bridgehead atoms. The van der Waals surface area contributed by atoms with Gasteiger partial charge < -0.3 is 15.0 Å². The molecule has 4 rings (SSSR count). The standard InChI is InChI=1S/C23H21ClN4O3/c1-31-18-4-2-3-15(11-18)20-7-8-23(30)28(27-20)14-22(29)25-10-9-16-13-26-21-6-5-17(24)12-19(16)21/h2-8,11-13,26H,9-10,14H2,1H3,(H,25,29). The largest absolute Gasteiger partial charge is 0.497 e.